The van der Waals surface area contributed by atoms with E-state index in [4.69, 9.17) is 9.47 Å². The van der Waals surface area contributed by atoms with E-state index in [9.17, 15) is 9.59 Å². The number of hydrogen-bond donors (Lipinski definition) is 0. The maximum Gasteiger partial charge on any atom is 0.307 e. The van der Waals surface area contributed by atoms with Gasteiger partial charge in [-0.05, 0) is 18.9 Å². The molecule has 1 amide bonds. The van der Waals surface area contributed by atoms with Gasteiger partial charge in [-0.1, -0.05) is 30.3 Å². The number of morpholine rings is 1. The largest absolute Gasteiger partial charge is 0.466 e. The van der Waals surface area contributed by atoms with Gasteiger partial charge in [0.15, 0.2) is 0 Å². The van der Waals surface area contributed by atoms with Gasteiger partial charge in [0, 0.05) is 39.1 Å². The lowest BCUT2D eigenvalue weighted by Crippen LogP contribution is -2.43. The summed E-state index contributed by atoms with van der Waals surface area (Å²) in [6.07, 6.45) is 1.41. The van der Waals surface area contributed by atoms with E-state index in [0.29, 0.717) is 32.5 Å². The van der Waals surface area contributed by atoms with Gasteiger partial charge in [-0.25, -0.2) is 0 Å². The highest BCUT2D eigenvalue weighted by Gasteiger charge is 2.18. The Hall–Kier alpha value is -1.92. The summed E-state index contributed by atoms with van der Waals surface area (Å²) < 4.78 is 10.4. The van der Waals surface area contributed by atoms with Crippen LogP contribution in [-0.2, 0) is 25.5 Å². The van der Waals surface area contributed by atoms with E-state index in [1.807, 2.05) is 30.3 Å². The standard InChI is InChI=1S/C20H30N2O4/c1-2-26-20(24)10-11-22(13-12-21-14-16-25-17-15-21)19(23)9-8-18-6-4-3-5-7-18/h3-7H,2,8-17H2,1H3. The van der Waals surface area contributed by atoms with Crippen LogP contribution in [0.3, 0.4) is 0 Å². The zero-order chi connectivity index (χ0) is 18.6. The van der Waals surface area contributed by atoms with Crippen molar-refractivity contribution in [1.29, 1.82) is 0 Å². The lowest BCUT2D eigenvalue weighted by atomic mass is 10.1. The Bertz CT molecular complexity index is 544. The van der Waals surface area contributed by atoms with Crippen LogP contribution in [0.2, 0.25) is 0 Å². The van der Waals surface area contributed by atoms with Crippen LogP contribution in [-0.4, -0.2) is 74.2 Å². The van der Waals surface area contributed by atoms with Crippen LogP contribution >= 0.6 is 0 Å². The Morgan fingerprint density at radius 1 is 1.12 bits per heavy atom. The van der Waals surface area contributed by atoms with E-state index >= 15 is 0 Å². The number of nitrogens with zero attached hydrogens (tertiary/aromatic N) is 2. The molecule has 0 atom stereocenters. The number of hydrogen-bond acceptors (Lipinski definition) is 5. The molecular weight excluding hydrogens is 332 g/mol. The average Bonchev–Trinajstić information content (AvgIpc) is 2.68. The second kappa shape index (κ2) is 11.6. The summed E-state index contributed by atoms with van der Waals surface area (Å²) in [6.45, 7) is 7.28. The quantitative estimate of drug-likeness (QED) is 0.594. The third-order valence-electron chi connectivity index (χ3n) is 4.50. The molecule has 0 saturated carbocycles. The molecule has 0 unspecified atom stereocenters. The Labute approximate surface area is 156 Å². The molecule has 1 heterocycles. The fraction of sp³-hybridized carbons (Fsp3) is 0.600. The van der Waals surface area contributed by atoms with E-state index < -0.39 is 0 Å². The minimum Gasteiger partial charge on any atom is -0.466 e. The number of amides is 1. The molecule has 144 valence electrons. The number of carbonyl (C=O) groups excluding carboxylic acids is 2. The van der Waals surface area contributed by atoms with E-state index in [1.165, 1.54) is 0 Å². The summed E-state index contributed by atoms with van der Waals surface area (Å²) in [5.41, 5.74) is 1.15. The van der Waals surface area contributed by atoms with Gasteiger partial charge in [0.1, 0.15) is 0 Å². The SMILES string of the molecule is CCOC(=O)CCN(CCN1CCOCC1)C(=O)CCc1ccccc1. The van der Waals surface area contributed by atoms with Crippen molar-refractivity contribution in [3.05, 3.63) is 35.9 Å². The van der Waals surface area contributed by atoms with Crippen LogP contribution in [0.25, 0.3) is 0 Å². The van der Waals surface area contributed by atoms with Crippen LogP contribution in [0, 0.1) is 0 Å². The van der Waals surface area contributed by atoms with Crippen LogP contribution in [0.4, 0.5) is 0 Å². The zero-order valence-electron chi connectivity index (χ0n) is 15.7. The first-order chi connectivity index (χ1) is 12.7. The van der Waals surface area contributed by atoms with Gasteiger partial charge in [-0.2, -0.15) is 0 Å². The maximum atomic E-state index is 12.7. The topological polar surface area (TPSA) is 59.1 Å². The van der Waals surface area contributed by atoms with Crippen molar-refractivity contribution >= 4 is 11.9 Å². The monoisotopic (exact) mass is 362 g/mol. The predicted molar refractivity (Wildman–Crippen MR) is 99.9 cm³/mol. The minimum atomic E-state index is -0.250. The van der Waals surface area contributed by atoms with Crippen molar-refractivity contribution < 1.29 is 19.1 Å². The van der Waals surface area contributed by atoms with Crippen LogP contribution < -0.4 is 0 Å². The van der Waals surface area contributed by atoms with Crippen molar-refractivity contribution in [2.24, 2.45) is 0 Å². The molecule has 1 aliphatic rings. The molecular formula is C20H30N2O4. The number of benzene rings is 1. The molecule has 1 saturated heterocycles. The van der Waals surface area contributed by atoms with Gasteiger partial charge in [0.25, 0.3) is 0 Å². The Morgan fingerprint density at radius 3 is 2.54 bits per heavy atom. The Kier molecular flexibility index (Phi) is 9.14. The highest BCUT2D eigenvalue weighted by Crippen LogP contribution is 2.07. The van der Waals surface area contributed by atoms with Crippen LogP contribution in [0.5, 0.6) is 0 Å². The maximum absolute atomic E-state index is 12.7. The van der Waals surface area contributed by atoms with Crippen LogP contribution in [0.15, 0.2) is 30.3 Å². The number of ether oxygens (including phenoxy) is 2. The van der Waals surface area contributed by atoms with Crippen molar-refractivity contribution in [3.8, 4) is 0 Å². The van der Waals surface area contributed by atoms with Crippen LogP contribution in [0.1, 0.15) is 25.3 Å². The smallest absolute Gasteiger partial charge is 0.307 e. The highest BCUT2D eigenvalue weighted by molar-refractivity contribution is 5.77. The molecule has 0 radical (unpaired) electrons. The molecule has 0 N–H and O–H groups in total. The summed E-state index contributed by atoms with van der Waals surface area (Å²) in [7, 11) is 0. The molecule has 1 aromatic rings. The predicted octanol–water partition coefficient (Wildman–Crippen LogP) is 1.73. The van der Waals surface area contributed by atoms with Crippen molar-refractivity contribution in [1.82, 2.24) is 9.80 Å². The first kappa shape index (κ1) is 20.4. The summed E-state index contributed by atoms with van der Waals surface area (Å²) in [4.78, 5) is 28.5. The van der Waals surface area contributed by atoms with Crippen molar-refractivity contribution in [2.75, 3.05) is 52.5 Å². The number of esters is 1. The molecule has 2 rings (SSSR count). The zero-order valence-corrected chi connectivity index (χ0v) is 15.7. The number of aryl methyl sites for hydroxylation is 1. The van der Waals surface area contributed by atoms with E-state index in [1.54, 1.807) is 11.8 Å². The number of carbonyl (C=O) groups is 2. The molecule has 0 bridgehead atoms. The molecule has 0 aromatic heterocycles. The first-order valence-electron chi connectivity index (χ1n) is 9.46. The minimum absolute atomic E-state index is 0.0893. The molecule has 6 heteroatoms. The molecule has 0 spiro atoms. The summed E-state index contributed by atoms with van der Waals surface area (Å²) >= 11 is 0. The normalized spacial score (nSPS) is 14.8. The lowest BCUT2D eigenvalue weighted by Gasteiger charge is -2.30. The van der Waals surface area contributed by atoms with Gasteiger partial charge in [-0.3, -0.25) is 14.5 Å². The lowest BCUT2D eigenvalue weighted by molar-refractivity contribution is -0.144. The first-order valence-corrected chi connectivity index (χ1v) is 9.46. The summed E-state index contributed by atoms with van der Waals surface area (Å²) in [5.74, 6) is -0.161. The third-order valence-corrected chi connectivity index (χ3v) is 4.50. The molecule has 26 heavy (non-hydrogen) atoms. The number of rotatable bonds is 10. The van der Waals surface area contributed by atoms with E-state index in [-0.39, 0.29) is 18.3 Å². The second-order valence-corrected chi connectivity index (χ2v) is 6.38. The Morgan fingerprint density at radius 2 is 1.85 bits per heavy atom. The molecule has 1 aliphatic heterocycles. The summed E-state index contributed by atoms with van der Waals surface area (Å²) in [5, 5.41) is 0. The summed E-state index contributed by atoms with van der Waals surface area (Å²) in [6, 6.07) is 10.0. The molecule has 0 aliphatic carbocycles. The van der Waals surface area contributed by atoms with Gasteiger partial charge in [0.05, 0.1) is 26.2 Å². The van der Waals surface area contributed by atoms with Gasteiger partial charge < -0.3 is 14.4 Å². The van der Waals surface area contributed by atoms with E-state index in [0.717, 1.165) is 38.4 Å². The van der Waals surface area contributed by atoms with E-state index in [2.05, 4.69) is 4.90 Å². The van der Waals surface area contributed by atoms with Crippen molar-refractivity contribution in [3.63, 3.8) is 0 Å². The van der Waals surface area contributed by atoms with Gasteiger partial charge in [0.2, 0.25) is 5.91 Å². The highest BCUT2D eigenvalue weighted by atomic mass is 16.5. The van der Waals surface area contributed by atoms with Gasteiger partial charge >= 0.3 is 5.97 Å². The van der Waals surface area contributed by atoms with Crippen molar-refractivity contribution in [2.45, 2.75) is 26.2 Å². The third kappa shape index (κ3) is 7.54. The molecule has 6 nitrogen and oxygen atoms in total. The average molecular weight is 362 g/mol. The van der Waals surface area contributed by atoms with Gasteiger partial charge in [-0.15, -0.1) is 0 Å². The Balaban J connectivity index is 1.84. The second-order valence-electron chi connectivity index (χ2n) is 6.38. The molecule has 1 aromatic carbocycles. The molecule has 1 fully saturated rings. The fourth-order valence-electron chi connectivity index (χ4n) is 2.96. The fourth-order valence-corrected chi connectivity index (χ4v) is 2.96.